The molecule has 0 spiro atoms. The Labute approximate surface area is 91.2 Å². The number of hydrogen-bond donors (Lipinski definition) is 1. The lowest BCUT2D eigenvalue weighted by Crippen LogP contribution is -2.07. The lowest BCUT2D eigenvalue weighted by atomic mass is 10.2. The van der Waals surface area contributed by atoms with E-state index in [0.29, 0.717) is 11.3 Å². The molecule has 0 aliphatic heterocycles. The van der Waals surface area contributed by atoms with Crippen molar-refractivity contribution in [1.82, 2.24) is 9.78 Å². The monoisotopic (exact) mass is 213 g/mol. The maximum atomic E-state index is 10.9. The molecule has 2 aromatic rings. The van der Waals surface area contributed by atoms with Gasteiger partial charge < -0.3 is 5.11 Å². The summed E-state index contributed by atoms with van der Waals surface area (Å²) in [4.78, 5) is 10.9. The normalized spacial score (nSPS) is 9.69. The first-order chi connectivity index (χ1) is 7.72. The van der Waals surface area contributed by atoms with Crippen molar-refractivity contribution in [2.24, 2.45) is 0 Å². The van der Waals surface area contributed by atoms with Crippen LogP contribution < -0.4 is 0 Å². The molecule has 0 unspecified atom stereocenters. The van der Waals surface area contributed by atoms with Crippen molar-refractivity contribution in [2.75, 3.05) is 0 Å². The molecule has 0 aliphatic carbocycles. The van der Waals surface area contributed by atoms with Gasteiger partial charge in [-0.05, 0) is 24.3 Å². The number of hydrogen-bond acceptors (Lipinski definition) is 3. The van der Waals surface area contributed by atoms with Crippen LogP contribution in [0.25, 0.3) is 5.69 Å². The zero-order valence-electron chi connectivity index (χ0n) is 8.16. The molecule has 0 aliphatic rings. The predicted molar refractivity (Wildman–Crippen MR) is 55.2 cm³/mol. The maximum absolute atomic E-state index is 10.9. The van der Waals surface area contributed by atoms with E-state index in [0.717, 1.165) is 0 Å². The summed E-state index contributed by atoms with van der Waals surface area (Å²) in [7, 11) is 0. The van der Waals surface area contributed by atoms with Crippen LogP contribution in [0.2, 0.25) is 0 Å². The minimum absolute atomic E-state index is 0.0649. The molecule has 2 rings (SSSR count). The van der Waals surface area contributed by atoms with Crippen molar-refractivity contribution in [3.05, 3.63) is 47.8 Å². The minimum Gasteiger partial charge on any atom is -0.477 e. The number of benzene rings is 1. The van der Waals surface area contributed by atoms with Crippen molar-refractivity contribution < 1.29 is 9.90 Å². The molecule has 1 aromatic carbocycles. The first-order valence-electron chi connectivity index (χ1n) is 4.50. The molecule has 0 saturated heterocycles. The Morgan fingerprint density at radius 1 is 1.44 bits per heavy atom. The van der Waals surface area contributed by atoms with Crippen LogP contribution in [-0.4, -0.2) is 20.9 Å². The van der Waals surface area contributed by atoms with Crippen molar-refractivity contribution in [2.45, 2.75) is 0 Å². The molecule has 1 aromatic heterocycles. The highest BCUT2D eigenvalue weighted by Crippen LogP contribution is 2.12. The van der Waals surface area contributed by atoms with E-state index in [9.17, 15) is 4.79 Å². The molecule has 0 radical (unpaired) electrons. The first kappa shape index (κ1) is 9.93. The number of nitriles is 1. The van der Waals surface area contributed by atoms with Gasteiger partial charge in [-0.1, -0.05) is 6.07 Å². The van der Waals surface area contributed by atoms with Crippen LogP contribution in [0.15, 0.2) is 36.5 Å². The van der Waals surface area contributed by atoms with Gasteiger partial charge in [0.05, 0.1) is 23.5 Å². The third-order valence-corrected chi connectivity index (χ3v) is 2.08. The second-order valence-electron chi connectivity index (χ2n) is 3.10. The van der Waals surface area contributed by atoms with Gasteiger partial charge in [-0.3, -0.25) is 0 Å². The summed E-state index contributed by atoms with van der Waals surface area (Å²) in [5.74, 6) is -1.06. The molecule has 0 fully saturated rings. The number of rotatable bonds is 2. The lowest BCUT2D eigenvalue weighted by molar-refractivity contribution is 0.0687. The van der Waals surface area contributed by atoms with Crippen molar-refractivity contribution >= 4 is 5.97 Å². The second kappa shape index (κ2) is 3.87. The fraction of sp³-hybridized carbons (Fsp3) is 0. The molecule has 5 heteroatoms. The predicted octanol–water partition coefficient (Wildman–Crippen LogP) is 1.44. The summed E-state index contributed by atoms with van der Waals surface area (Å²) < 4.78 is 1.28. The Hall–Kier alpha value is -2.61. The van der Waals surface area contributed by atoms with E-state index in [4.69, 9.17) is 10.4 Å². The topological polar surface area (TPSA) is 78.9 Å². The number of carboxylic acid groups (broad SMARTS) is 1. The van der Waals surface area contributed by atoms with Crippen LogP contribution in [0.1, 0.15) is 16.1 Å². The minimum atomic E-state index is -1.06. The van der Waals surface area contributed by atoms with E-state index in [2.05, 4.69) is 5.10 Å². The fourth-order valence-electron chi connectivity index (χ4n) is 1.38. The quantitative estimate of drug-likeness (QED) is 0.818. The van der Waals surface area contributed by atoms with Crippen molar-refractivity contribution in [1.29, 1.82) is 5.26 Å². The standard InChI is InChI=1S/C11H7N3O2/c12-7-8-2-1-3-9(6-8)14-10(11(15)16)4-5-13-14/h1-6H,(H,15,16). The second-order valence-corrected chi connectivity index (χ2v) is 3.10. The molecule has 0 amide bonds. The third-order valence-electron chi connectivity index (χ3n) is 2.08. The number of aromatic nitrogens is 2. The SMILES string of the molecule is N#Cc1cccc(-n2nccc2C(=O)O)c1. The van der Waals surface area contributed by atoms with Crippen LogP contribution in [-0.2, 0) is 0 Å². The van der Waals surface area contributed by atoms with Gasteiger partial charge in [-0.15, -0.1) is 0 Å². The Balaban J connectivity index is 2.55. The van der Waals surface area contributed by atoms with Crippen molar-refractivity contribution in [3.8, 4) is 11.8 Å². The molecule has 5 nitrogen and oxygen atoms in total. The van der Waals surface area contributed by atoms with E-state index in [1.165, 1.54) is 16.9 Å². The molecule has 16 heavy (non-hydrogen) atoms. The van der Waals surface area contributed by atoms with Gasteiger partial charge in [0.2, 0.25) is 0 Å². The molecule has 0 atom stereocenters. The van der Waals surface area contributed by atoms with Crippen LogP contribution in [0, 0.1) is 11.3 Å². The van der Waals surface area contributed by atoms with Gasteiger partial charge in [0, 0.05) is 0 Å². The maximum Gasteiger partial charge on any atom is 0.354 e. The highest BCUT2D eigenvalue weighted by molar-refractivity contribution is 5.86. The van der Waals surface area contributed by atoms with Gasteiger partial charge >= 0.3 is 5.97 Å². The Morgan fingerprint density at radius 3 is 2.94 bits per heavy atom. The van der Waals surface area contributed by atoms with E-state index in [-0.39, 0.29) is 5.69 Å². The third kappa shape index (κ3) is 1.64. The van der Waals surface area contributed by atoms with Crippen LogP contribution in [0.4, 0.5) is 0 Å². The molecule has 0 bridgehead atoms. The Kier molecular flexibility index (Phi) is 2.40. The van der Waals surface area contributed by atoms with Gasteiger partial charge in [0.25, 0.3) is 0 Å². The molecule has 1 heterocycles. The number of carboxylic acids is 1. The first-order valence-corrected chi connectivity index (χ1v) is 4.50. The van der Waals surface area contributed by atoms with Crippen LogP contribution >= 0.6 is 0 Å². The fourth-order valence-corrected chi connectivity index (χ4v) is 1.38. The number of aromatic carboxylic acids is 1. The van der Waals surface area contributed by atoms with E-state index in [1.54, 1.807) is 24.3 Å². The van der Waals surface area contributed by atoms with E-state index in [1.807, 2.05) is 6.07 Å². The highest BCUT2D eigenvalue weighted by atomic mass is 16.4. The van der Waals surface area contributed by atoms with Gasteiger partial charge in [-0.2, -0.15) is 10.4 Å². The summed E-state index contributed by atoms with van der Waals surface area (Å²) in [5.41, 5.74) is 1.08. The van der Waals surface area contributed by atoms with Gasteiger partial charge in [0.15, 0.2) is 5.69 Å². The largest absolute Gasteiger partial charge is 0.477 e. The Bertz CT molecular complexity index is 581. The number of nitrogens with zero attached hydrogens (tertiary/aromatic N) is 3. The smallest absolute Gasteiger partial charge is 0.354 e. The van der Waals surface area contributed by atoms with E-state index >= 15 is 0 Å². The summed E-state index contributed by atoms with van der Waals surface area (Å²) in [5, 5.41) is 21.6. The summed E-state index contributed by atoms with van der Waals surface area (Å²) in [6.07, 6.45) is 1.41. The number of carbonyl (C=O) groups is 1. The van der Waals surface area contributed by atoms with E-state index < -0.39 is 5.97 Å². The van der Waals surface area contributed by atoms with Crippen molar-refractivity contribution in [3.63, 3.8) is 0 Å². The Morgan fingerprint density at radius 2 is 2.25 bits per heavy atom. The van der Waals surface area contributed by atoms with Crippen LogP contribution in [0.5, 0.6) is 0 Å². The summed E-state index contributed by atoms with van der Waals surface area (Å²) in [6, 6.07) is 10.00. The molecule has 0 saturated carbocycles. The molecular weight excluding hydrogens is 206 g/mol. The lowest BCUT2D eigenvalue weighted by Gasteiger charge is -2.03. The van der Waals surface area contributed by atoms with Gasteiger partial charge in [-0.25, -0.2) is 9.48 Å². The van der Waals surface area contributed by atoms with Gasteiger partial charge in [0.1, 0.15) is 0 Å². The zero-order valence-corrected chi connectivity index (χ0v) is 8.16. The average Bonchev–Trinajstić information content (AvgIpc) is 2.78. The summed E-state index contributed by atoms with van der Waals surface area (Å²) in [6.45, 7) is 0. The molecular formula is C11H7N3O2. The zero-order chi connectivity index (χ0) is 11.5. The average molecular weight is 213 g/mol. The van der Waals surface area contributed by atoms with Crippen LogP contribution in [0.3, 0.4) is 0 Å². The molecule has 1 N–H and O–H groups in total. The highest BCUT2D eigenvalue weighted by Gasteiger charge is 2.11. The summed E-state index contributed by atoms with van der Waals surface area (Å²) >= 11 is 0. The molecule has 78 valence electrons.